The molecule has 5 aromatic rings. The number of hydrogen-bond donors (Lipinski definition) is 1. The topological polar surface area (TPSA) is 104 Å². The largest absolute Gasteiger partial charge is 0.467 e. The minimum Gasteiger partial charge on any atom is -0.467 e. The SMILES string of the molecule is COC(=O)C(C(C(=O)OC)n1cccc1C(=O)C(=O)NCc1ccccc1)=P(c1ccccc1)(c1ccccc1)c1ccccc1. The molecular weight excluding hydrogens is 599 g/mol. The van der Waals surface area contributed by atoms with Crippen LogP contribution in [0.1, 0.15) is 22.1 Å². The van der Waals surface area contributed by atoms with E-state index in [1.165, 1.54) is 31.0 Å². The number of ether oxygens (including phenoxy) is 2. The van der Waals surface area contributed by atoms with Crippen molar-refractivity contribution in [2.75, 3.05) is 14.2 Å². The van der Waals surface area contributed by atoms with Gasteiger partial charge in [-0.1, -0.05) is 121 Å². The maximum absolute atomic E-state index is 14.3. The fourth-order valence-corrected chi connectivity index (χ4v) is 10.2. The number of amides is 1. The highest BCUT2D eigenvalue weighted by molar-refractivity contribution is 7.96. The van der Waals surface area contributed by atoms with Crippen molar-refractivity contribution in [3.63, 3.8) is 0 Å². The van der Waals surface area contributed by atoms with Gasteiger partial charge in [0.25, 0.3) is 11.7 Å². The van der Waals surface area contributed by atoms with Gasteiger partial charge in [-0.05, 0) is 40.5 Å². The Bertz CT molecular complexity index is 1780. The normalized spacial score (nSPS) is 11.6. The van der Waals surface area contributed by atoms with Crippen LogP contribution in [0.2, 0.25) is 0 Å². The van der Waals surface area contributed by atoms with E-state index in [1.807, 2.05) is 121 Å². The molecule has 232 valence electrons. The van der Waals surface area contributed by atoms with Gasteiger partial charge in [-0.25, -0.2) is 9.59 Å². The number of benzene rings is 4. The van der Waals surface area contributed by atoms with E-state index in [2.05, 4.69) is 5.32 Å². The molecule has 0 radical (unpaired) electrons. The summed E-state index contributed by atoms with van der Waals surface area (Å²) in [5, 5.41) is 5.08. The predicted octanol–water partition coefficient (Wildman–Crippen LogP) is 4.04. The second-order valence-electron chi connectivity index (χ2n) is 10.3. The summed E-state index contributed by atoms with van der Waals surface area (Å²) in [5.74, 6) is -3.28. The van der Waals surface area contributed by atoms with Gasteiger partial charge in [0.2, 0.25) is 0 Å². The molecule has 0 spiro atoms. The highest BCUT2D eigenvalue weighted by atomic mass is 31.2. The summed E-state index contributed by atoms with van der Waals surface area (Å²) >= 11 is 0. The van der Waals surface area contributed by atoms with E-state index in [4.69, 9.17) is 9.47 Å². The van der Waals surface area contributed by atoms with E-state index in [0.29, 0.717) is 0 Å². The minimum atomic E-state index is -3.22. The van der Waals surface area contributed by atoms with Crippen molar-refractivity contribution in [2.24, 2.45) is 0 Å². The number of methoxy groups -OCH3 is 2. The first-order valence-electron chi connectivity index (χ1n) is 14.6. The van der Waals surface area contributed by atoms with Crippen LogP contribution in [-0.2, 0) is 30.4 Å². The highest BCUT2D eigenvalue weighted by Gasteiger charge is 2.43. The van der Waals surface area contributed by atoms with Crippen LogP contribution in [-0.4, -0.2) is 47.7 Å². The zero-order chi connectivity index (χ0) is 32.5. The predicted molar refractivity (Wildman–Crippen MR) is 180 cm³/mol. The molecule has 0 saturated heterocycles. The fraction of sp³-hybridized carbons (Fsp3) is 0.108. The fourth-order valence-electron chi connectivity index (χ4n) is 5.61. The van der Waals surface area contributed by atoms with Crippen LogP contribution in [0.4, 0.5) is 0 Å². The second kappa shape index (κ2) is 14.5. The van der Waals surface area contributed by atoms with Crippen LogP contribution in [0.15, 0.2) is 140 Å². The first-order valence-corrected chi connectivity index (χ1v) is 16.3. The highest BCUT2D eigenvalue weighted by Crippen LogP contribution is 2.49. The zero-order valence-electron chi connectivity index (χ0n) is 25.4. The van der Waals surface area contributed by atoms with Crippen LogP contribution in [0, 0.1) is 0 Å². The van der Waals surface area contributed by atoms with Crippen molar-refractivity contribution >= 4 is 51.7 Å². The Morgan fingerprint density at radius 2 is 1.13 bits per heavy atom. The number of aromatic nitrogens is 1. The van der Waals surface area contributed by atoms with Gasteiger partial charge in [-0.3, -0.25) is 9.59 Å². The second-order valence-corrected chi connectivity index (χ2v) is 13.7. The molecule has 0 aliphatic rings. The smallest absolute Gasteiger partial charge is 0.337 e. The Balaban J connectivity index is 1.82. The molecule has 1 N–H and O–H groups in total. The number of carbonyl (C=O) groups excluding carboxylic acids is 4. The lowest BCUT2D eigenvalue weighted by molar-refractivity contribution is -0.143. The molecule has 8 nitrogen and oxygen atoms in total. The molecular formula is C37H33N2O6P. The number of carbonyl (C=O) groups is 4. The molecule has 0 aliphatic heterocycles. The molecule has 9 heteroatoms. The summed E-state index contributed by atoms with van der Waals surface area (Å²) in [5.41, 5.74) is 0.727. The van der Waals surface area contributed by atoms with Crippen molar-refractivity contribution in [3.8, 4) is 0 Å². The van der Waals surface area contributed by atoms with Crippen molar-refractivity contribution in [2.45, 2.75) is 12.6 Å². The van der Waals surface area contributed by atoms with Crippen LogP contribution >= 0.6 is 6.89 Å². The number of rotatable bonds is 11. The molecule has 0 bridgehead atoms. The van der Waals surface area contributed by atoms with Crippen LogP contribution in [0.5, 0.6) is 0 Å². The third kappa shape index (κ3) is 6.21. The van der Waals surface area contributed by atoms with Gasteiger partial charge in [0, 0.05) is 12.7 Å². The van der Waals surface area contributed by atoms with Gasteiger partial charge in [0.05, 0.1) is 25.2 Å². The van der Waals surface area contributed by atoms with E-state index in [0.717, 1.165) is 21.5 Å². The van der Waals surface area contributed by atoms with Gasteiger partial charge >= 0.3 is 11.9 Å². The van der Waals surface area contributed by atoms with Crippen molar-refractivity contribution < 1.29 is 28.7 Å². The van der Waals surface area contributed by atoms with E-state index in [-0.39, 0.29) is 17.5 Å². The maximum atomic E-state index is 14.3. The summed E-state index contributed by atoms with van der Waals surface area (Å²) in [6.45, 7) is -3.08. The Labute approximate surface area is 267 Å². The molecule has 1 atom stereocenters. The minimum absolute atomic E-state index is 0.0837. The number of nitrogens with one attached hydrogen (secondary N) is 1. The molecule has 0 saturated carbocycles. The summed E-state index contributed by atoms with van der Waals surface area (Å²) in [6.07, 6.45) is 1.50. The molecule has 5 rings (SSSR count). The van der Waals surface area contributed by atoms with Gasteiger partial charge in [-0.2, -0.15) is 0 Å². The first kappa shape index (κ1) is 31.9. The molecule has 1 heterocycles. The third-order valence-electron chi connectivity index (χ3n) is 7.66. The number of ketones is 1. The summed E-state index contributed by atoms with van der Waals surface area (Å²) in [6, 6.07) is 39.1. The number of Topliss-reactive ketones (excluding diaryl/α,β-unsaturated/α-hetero) is 1. The lowest BCUT2D eigenvalue weighted by Gasteiger charge is -2.34. The molecule has 46 heavy (non-hydrogen) atoms. The summed E-state index contributed by atoms with van der Waals surface area (Å²) in [4.78, 5) is 55.1. The molecule has 1 unspecified atom stereocenters. The lowest BCUT2D eigenvalue weighted by Crippen LogP contribution is -2.43. The van der Waals surface area contributed by atoms with E-state index in [1.54, 1.807) is 6.07 Å². The van der Waals surface area contributed by atoms with Crippen LogP contribution < -0.4 is 21.2 Å². The third-order valence-corrected chi connectivity index (χ3v) is 12.0. The Hall–Kier alpha value is -5.46. The first-order chi connectivity index (χ1) is 22.4. The van der Waals surface area contributed by atoms with Gasteiger partial charge in [-0.15, -0.1) is 0 Å². The Morgan fingerprint density at radius 1 is 0.652 bits per heavy atom. The quantitative estimate of drug-likeness (QED) is 0.102. The van der Waals surface area contributed by atoms with E-state index in [9.17, 15) is 19.2 Å². The average molecular weight is 633 g/mol. The molecule has 4 aromatic carbocycles. The molecule has 0 fully saturated rings. The average Bonchev–Trinajstić information content (AvgIpc) is 3.61. The maximum Gasteiger partial charge on any atom is 0.337 e. The van der Waals surface area contributed by atoms with Gasteiger partial charge in [0.15, 0.2) is 6.04 Å². The van der Waals surface area contributed by atoms with Crippen LogP contribution in [0.25, 0.3) is 0 Å². The molecule has 1 aromatic heterocycles. The monoisotopic (exact) mass is 632 g/mol. The zero-order valence-corrected chi connectivity index (χ0v) is 26.3. The number of esters is 2. The number of nitrogens with zero attached hydrogens (tertiary/aromatic N) is 1. The Morgan fingerprint density at radius 3 is 1.59 bits per heavy atom. The standard InChI is InChI=1S/C37H33N2O6P/c1-44-36(42)32(39-25-15-24-31(39)33(40)35(41)38-26-27-16-7-3-8-17-27)34(37(43)45-2)46(28-18-9-4-10-19-28,29-20-11-5-12-21-29)30-22-13-6-14-23-30/h3-25,32H,26H2,1-2H3,(H,38,41). The Kier molecular flexibility index (Phi) is 10.1. The number of hydrogen-bond acceptors (Lipinski definition) is 6. The molecule has 1 amide bonds. The lowest BCUT2D eigenvalue weighted by atomic mass is 10.1. The van der Waals surface area contributed by atoms with Gasteiger partial charge < -0.3 is 19.4 Å². The van der Waals surface area contributed by atoms with E-state index < -0.39 is 36.6 Å². The van der Waals surface area contributed by atoms with Crippen molar-refractivity contribution in [1.29, 1.82) is 0 Å². The van der Waals surface area contributed by atoms with Crippen LogP contribution in [0.3, 0.4) is 0 Å². The summed E-state index contributed by atoms with van der Waals surface area (Å²) in [7, 11) is 2.47. The van der Waals surface area contributed by atoms with Gasteiger partial charge in [0.1, 0.15) is 0 Å². The van der Waals surface area contributed by atoms with Crippen molar-refractivity contribution in [3.05, 3.63) is 151 Å². The van der Waals surface area contributed by atoms with E-state index >= 15 is 0 Å². The van der Waals surface area contributed by atoms with Crippen molar-refractivity contribution in [1.82, 2.24) is 9.88 Å². The summed E-state index contributed by atoms with van der Waals surface area (Å²) < 4.78 is 12.1. The molecule has 0 aliphatic carbocycles.